The lowest BCUT2D eigenvalue weighted by Crippen LogP contribution is -2.01. The lowest BCUT2D eigenvalue weighted by atomic mass is 10.0. The Morgan fingerprint density at radius 1 is 0.370 bits per heavy atom. The number of hydrogen-bond acceptors (Lipinski definition) is 2. The first-order valence-corrected chi connectivity index (χ1v) is 18.6. The van der Waals surface area contributed by atoms with E-state index >= 15 is 0 Å². The van der Waals surface area contributed by atoms with Crippen molar-refractivity contribution in [3.8, 4) is 45.3 Å². The molecule has 0 saturated heterocycles. The molecule has 0 aliphatic heterocycles. The number of aryl methyl sites for hydroxylation is 4. The van der Waals surface area contributed by atoms with Crippen LogP contribution in [0.2, 0.25) is 0 Å². The quantitative estimate of drug-likeness (QED) is 0.180. The van der Waals surface area contributed by atoms with Gasteiger partial charge in [0.25, 0.3) is 0 Å². The lowest BCUT2D eigenvalue weighted by Gasteiger charge is -2.16. The fourth-order valence-corrected chi connectivity index (χ4v) is 8.35. The van der Waals surface area contributed by atoms with Crippen LogP contribution in [-0.4, -0.2) is 19.1 Å². The predicted molar refractivity (Wildman–Crippen MR) is 226 cm³/mol. The Morgan fingerprint density at radius 2 is 0.907 bits per heavy atom. The molecule has 4 heterocycles. The summed E-state index contributed by atoms with van der Waals surface area (Å²) in [5.74, 6) is 0. The van der Waals surface area contributed by atoms with E-state index in [-0.39, 0.29) is 0 Å². The number of rotatable bonds is 5. The Bertz CT molecular complexity index is 2990. The van der Waals surface area contributed by atoms with E-state index in [0.717, 1.165) is 45.3 Å². The van der Waals surface area contributed by atoms with Gasteiger partial charge in [-0.15, -0.1) is 0 Å². The van der Waals surface area contributed by atoms with E-state index in [0.29, 0.717) is 0 Å². The van der Waals surface area contributed by atoms with Crippen LogP contribution in [0.1, 0.15) is 22.3 Å². The van der Waals surface area contributed by atoms with Crippen molar-refractivity contribution in [1.29, 1.82) is 0 Å². The first-order chi connectivity index (χ1) is 26.4. The number of pyridine rings is 2. The fourth-order valence-electron chi connectivity index (χ4n) is 8.35. The van der Waals surface area contributed by atoms with Gasteiger partial charge in [-0.3, -0.25) is 0 Å². The Labute approximate surface area is 314 Å². The second-order valence-corrected chi connectivity index (χ2v) is 14.5. The molecule has 0 spiro atoms. The van der Waals surface area contributed by atoms with Gasteiger partial charge in [0.05, 0.1) is 50.5 Å². The van der Waals surface area contributed by atoms with Crippen LogP contribution in [0.4, 0.5) is 0 Å². The molecule has 54 heavy (non-hydrogen) atoms. The summed E-state index contributed by atoms with van der Waals surface area (Å²) in [6.45, 7) is 8.67. The molecule has 4 aromatic heterocycles. The van der Waals surface area contributed by atoms with Gasteiger partial charge in [0.2, 0.25) is 0 Å². The van der Waals surface area contributed by atoms with Gasteiger partial charge in [-0.05, 0) is 118 Å². The summed E-state index contributed by atoms with van der Waals surface area (Å²) in [5, 5.41) is 5.03. The summed E-state index contributed by atoms with van der Waals surface area (Å²) in [7, 11) is 0. The minimum absolute atomic E-state index is 0.840. The van der Waals surface area contributed by atoms with Gasteiger partial charge in [-0.2, -0.15) is 0 Å². The zero-order valence-corrected chi connectivity index (χ0v) is 30.8. The summed E-state index contributed by atoms with van der Waals surface area (Å²) < 4.78 is 4.77. The third kappa shape index (κ3) is 5.06. The van der Waals surface area contributed by atoms with E-state index in [1.807, 2.05) is 0 Å². The van der Waals surface area contributed by atoms with Crippen molar-refractivity contribution in [3.63, 3.8) is 0 Å². The molecule has 0 amide bonds. The average molecular weight is 695 g/mol. The zero-order chi connectivity index (χ0) is 36.5. The van der Waals surface area contributed by atoms with Crippen molar-refractivity contribution in [2.24, 2.45) is 0 Å². The van der Waals surface area contributed by atoms with Crippen LogP contribution in [0.15, 0.2) is 158 Å². The highest BCUT2D eigenvalue weighted by atomic mass is 15.0. The number of nitrogens with zero attached hydrogens (tertiary/aromatic N) is 4. The molecular formula is C50H38N4. The molecule has 0 saturated carbocycles. The SMILES string of the molecule is Cc1ccc2c(c1)c1cc(C)ccc1n2-c1ccc(C)c(-c2cccc(-c3cccc(-c4c(C)cccc4-n4c5ccccc5c5ccccc54)n3)n2)c1. The fraction of sp³-hybridized carbons (Fsp3) is 0.0800. The number of fused-ring (bicyclic) bond motifs is 6. The Balaban J connectivity index is 1.09. The molecule has 0 aliphatic carbocycles. The van der Waals surface area contributed by atoms with E-state index in [9.17, 15) is 0 Å². The molecule has 258 valence electrons. The van der Waals surface area contributed by atoms with Crippen molar-refractivity contribution in [3.05, 3.63) is 180 Å². The summed E-state index contributed by atoms with van der Waals surface area (Å²) >= 11 is 0. The first-order valence-electron chi connectivity index (χ1n) is 18.6. The summed E-state index contributed by atoms with van der Waals surface area (Å²) in [6, 6.07) is 56.6. The molecule has 6 aromatic carbocycles. The summed E-state index contributed by atoms with van der Waals surface area (Å²) in [5.41, 5.74) is 17.6. The largest absolute Gasteiger partial charge is 0.309 e. The van der Waals surface area contributed by atoms with E-state index < -0.39 is 0 Å². The van der Waals surface area contributed by atoms with Crippen molar-refractivity contribution in [2.75, 3.05) is 0 Å². The highest BCUT2D eigenvalue weighted by molar-refractivity contribution is 6.11. The van der Waals surface area contributed by atoms with Crippen LogP contribution in [0.5, 0.6) is 0 Å². The standard InChI is InChI=1S/C50H38N4/c1-31-22-26-47-39(28-31)40-29-32(2)23-27-48(40)53(47)35-25-24-33(3)38(30-35)41-15-10-16-42(51-41)43-17-11-18-44(52-43)50-34(4)12-9-21-49(50)54-45-19-7-5-13-36(45)37-14-6-8-20-46(37)54/h5-30H,1-4H3. The first kappa shape index (κ1) is 31.9. The number of benzene rings is 6. The molecule has 0 unspecified atom stereocenters. The highest BCUT2D eigenvalue weighted by Crippen LogP contribution is 2.39. The molecule has 0 bridgehead atoms. The molecule has 10 rings (SSSR count). The second-order valence-electron chi connectivity index (χ2n) is 14.5. The second kappa shape index (κ2) is 12.4. The number of hydrogen-bond donors (Lipinski definition) is 0. The smallest absolute Gasteiger partial charge is 0.0893 e. The molecule has 10 aromatic rings. The Hall–Kier alpha value is -6.78. The predicted octanol–water partition coefficient (Wildman–Crippen LogP) is 12.9. The maximum atomic E-state index is 5.32. The van der Waals surface area contributed by atoms with Crippen LogP contribution < -0.4 is 0 Å². The minimum atomic E-state index is 0.840. The molecule has 0 radical (unpaired) electrons. The Morgan fingerprint density at radius 3 is 1.56 bits per heavy atom. The van der Waals surface area contributed by atoms with Gasteiger partial charge in [0.15, 0.2) is 0 Å². The van der Waals surface area contributed by atoms with Gasteiger partial charge in [0, 0.05) is 38.4 Å². The van der Waals surface area contributed by atoms with Crippen molar-refractivity contribution >= 4 is 43.6 Å². The molecule has 4 heteroatoms. The molecule has 0 N–H and O–H groups in total. The minimum Gasteiger partial charge on any atom is -0.309 e. The monoisotopic (exact) mass is 694 g/mol. The third-order valence-corrected chi connectivity index (χ3v) is 10.9. The van der Waals surface area contributed by atoms with Crippen LogP contribution in [0.3, 0.4) is 0 Å². The van der Waals surface area contributed by atoms with Gasteiger partial charge < -0.3 is 9.13 Å². The average Bonchev–Trinajstić information content (AvgIpc) is 3.70. The van der Waals surface area contributed by atoms with Crippen molar-refractivity contribution in [1.82, 2.24) is 19.1 Å². The Kier molecular flexibility index (Phi) is 7.34. The molecular weight excluding hydrogens is 657 g/mol. The highest BCUT2D eigenvalue weighted by Gasteiger charge is 2.19. The third-order valence-electron chi connectivity index (χ3n) is 10.9. The normalized spacial score (nSPS) is 11.7. The van der Waals surface area contributed by atoms with Gasteiger partial charge >= 0.3 is 0 Å². The maximum Gasteiger partial charge on any atom is 0.0893 e. The van der Waals surface area contributed by atoms with Gasteiger partial charge in [-0.25, -0.2) is 9.97 Å². The molecule has 4 nitrogen and oxygen atoms in total. The topological polar surface area (TPSA) is 35.6 Å². The van der Waals surface area contributed by atoms with Crippen LogP contribution in [0.25, 0.3) is 88.9 Å². The van der Waals surface area contributed by atoms with Crippen molar-refractivity contribution in [2.45, 2.75) is 27.7 Å². The molecule has 0 aliphatic rings. The van der Waals surface area contributed by atoms with E-state index in [2.05, 4.69) is 195 Å². The van der Waals surface area contributed by atoms with E-state index in [1.54, 1.807) is 0 Å². The maximum absolute atomic E-state index is 5.32. The van der Waals surface area contributed by atoms with E-state index in [4.69, 9.17) is 9.97 Å². The molecule has 0 fully saturated rings. The summed E-state index contributed by atoms with van der Waals surface area (Å²) in [4.78, 5) is 10.6. The van der Waals surface area contributed by atoms with Crippen LogP contribution >= 0.6 is 0 Å². The number of para-hydroxylation sites is 2. The van der Waals surface area contributed by atoms with Gasteiger partial charge in [-0.1, -0.05) is 90.0 Å². The van der Waals surface area contributed by atoms with Gasteiger partial charge in [0.1, 0.15) is 0 Å². The number of aromatic nitrogens is 4. The zero-order valence-electron chi connectivity index (χ0n) is 30.8. The lowest BCUT2D eigenvalue weighted by molar-refractivity contribution is 1.16. The van der Waals surface area contributed by atoms with E-state index in [1.165, 1.54) is 65.9 Å². The van der Waals surface area contributed by atoms with Crippen LogP contribution in [0, 0.1) is 27.7 Å². The summed E-state index contributed by atoms with van der Waals surface area (Å²) in [6.07, 6.45) is 0. The molecule has 0 atom stereocenters. The van der Waals surface area contributed by atoms with Crippen molar-refractivity contribution < 1.29 is 0 Å². The van der Waals surface area contributed by atoms with Crippen LogP contribution in [-0.2, 0) is 0 Å².